The standard InChI is InChI=1S/C38H43N9O3/c1-45-17-19-46(20-18-45)23-25-9-13-29(14-10-25)41-38(49)28-6-3-5-27(21-28)35-43-34(39)33-36(44-35)47(24-40-33)31-15-11-26(12-16-31)37(48)42-30-7-4-8-32(22-30)50-2/h3-10,13-14,21-22,24,26,31H,11-12,15-20,23H2,1-2H3,(H,41,49)(H,42,48)(H2,39,43,44)/t26-,31+. The zero-order valence-electron chi connectivity index (χ0n) is 28.5. The summed E-state index contributed by atoms with van der Waals surface area (Å²) in [7, 11) is 3.76. The van der Waals surface area contributed by atoms with E-state index in [1.54, 1.807) is 25.6 Å². The molecule has 12 nitrogen and oxygen atoms in total. The van der Waals surface area contributed by atoms with Crippen LogP contribution >= 0.6 is 0 Å². The van der Waals surface area contributed by atoms with Gasteiger partial charge in [-0.25, -0.2) is 15.0 Å². The number of carbonyl (C=O) groups is 2. The third kappa shape index (κ3) is 7.46. The molecule has 0 spiro atoms. The molecule has 258 valence electrons. The van der Waals surface area contributed by atoms with E-state index in [4.69, 9.17) is 15.5 Å². The van der Waals surface area contributed by atoms with E-state index < -0.39 is 0 Å². The van der Waals surface area contributed by atoms with Crippen LogP contribution in [-0.4, -0.2) is 81.5 Å². The molecule has 1 saturated carbocycles. The highest BCUT2D eigenvalue weighted by Crippen LogP contribution is 2.35. The first-order valence-corrected chi connectivity index (χ1v) is 17.2. The Morgan fingerprint density at radius 1 is 0.880 bits per heavy atom. The maximum absolute atomic E-state index is 13.3. The van der Waals surface area contributed by atoms with Crippen LogP contribution in [0.3, 0.4) is 0 Å². The molecule has 0 unspecified atom stereocenters. The fourth-order valence-corrected chi connectivity index (χ4v) is 6.86. The quantitative estimate of drug-likeness (QED) is 0.186. The van der Waals surface area contributed by atoms with Gasteiger partial charge >= 0.3 is 0 Å². The van der Waals surface area contributed by atoms with Crippen LogP contribution in [0.15, 0.2) is 79.1 Å². The number of nitrogen functional groups attached to an aromatic ring is 1. The lowest BCUT2D eigenvalue weighted by Gasteiger charge is -2.32. The molecular formula is C38H43N9O3. The van der Waals surface area contributed by atoms with Gasteiger partial charge in [0.25, 0.3) is 5.91 Å². The number of imidazole rings is 1. The predicted molar refractivity (Wildman–Crippen MR) is 195 cm³/mol. The monoisotopic (exact) mass is 673 g/mol. The van der Waals surface area contributed by atoms with Crippen LogP contribution in [0.5, 0.6) is 5.75 Å². The maximum atomic E-state index is 13.3. The first-order valence-electron chi connectivity index (χ1n) is 17.2. The van der Waals surface area contributed by atoms with Gasteiger partial charge < -0.3 is 30.6 Å². The number of aromatic nitrogens is 4. The maximum Gasteiger partial charge on any atom is 0.255 e. The number of nitrogens with two attached hydrogens (primary N) is 1. The number of hydrogen-bond acceptors (Lipinski definition) is 9. The Balaban J connectivity index is 1.01. The largest absolute Gasteiger partial charge is 0.497 e. The number of likely N-dealkylation sites (N-methyl/N-ethyl adjacent to an activating group) is 1. The molecule has 2 fully saturated rings. The van der Waals surface area contributed by atoms with Gasteiger partial charge in [0.2, 0.25) is 5.91 Å². The second kappa shape index (κ2) is 14.7. The van der Waals surface area contributed by atoms with Gasteiger partial charge in [0, 0.05) is 73.3 Å². The van der Waals surface area contributed by atoms with Crippen LogP contribution in [-0.2, 0) is 11.3 Å². The second-order valence-electron chi connectivity index (χ2n) is 13.3. The van der Waals surface area contributed by atoms with E-state index in [9.17, 15) is 9.59 Å². The van der Waals surface area contributed by atoms with Crippen molar-refractivity contribution in [3.05, 3.63) is 90.3 Å². The van der Waals surface area contributed by atoms with Gasteiger partial charge in [-0.05, 0) is 74.7 Å². The van der Waals surface area contributed by atoms with E-state index in [1.165, 1.54) is 5.56 Å². The molecule has 0 radical (unpaired) electrons. The Morgan fingerprint density at radius 2 is 1.64 bits per heavy atom. The van der Waals surface area contributed by atoms with Crippen LogP contribution in [0, 0.1) is 5.92 Å². The van der Waals surface area contributed by atoms with E-state index >= 15 is 0 Å². The van der Waals surface area contributed by atoms with Crippen molar-refractivity contribution in [1.82, 2.24) is 29.3 Å². The number of anilines is 3. The minimum atomic E-state index is -0.218. The van der Waals surface area contributed by atoms with Crippen molar-refractivity contribution in [2.24, 2.45) is 5.92 Å². The van der Waals surface area contributed by atoms with Gasteiger partial charge in [-0.15, -0.1) is 0 Å². The molecule has 1 aliphatic heterocycles. The minimum Gasteiger partial charge on any atom is -0.497 e. The molecule has 3 aromatic carbocycles. The zero-order valence-corrected chi connectivity index (χ0v) is 28.5. The summed E-state index contributed by atoms with van der Waals surface area (Å²) in [6.45, 7) is 5.18. The molecule has 2 aromatic heterocycles. The summed E-state index contributed by atoms with van der Waals surface area (Å²) < 4.78 is 7.33. The van der Waals surface area contributed by atoms with Gasteiger partial charge in [-0.1, -0.05) is 30.3 Å². The minimum absolute atomic E-state index is 0.0168. The Kier molecular flexibility index (Phi) is 9.72. The number of fused-ring (bicyclic) bond motifs is 1. The molecule has 1 saturated heterocycles. The highest BCUT2D eigenvalue weighted by Gasteiger charge is 2.29. The number of hydrogen-bond donors (Lipinski definition) is 3. The molecule has 0 atom stereocenters. The number of benzene rings is 3. The summed E-state index contributed by atoms with van der Waals surface area (Å²) in [5, 5.41) is 6.05. The highest BCUT2D eigenvalue weighted by molar-refractivity contribution is 6.05. The molecule has 12 heteroatoms. The molecule has 2 amide bonds. The van der Waals surface area contributed by atoms with Gasteiger partial charge in [0.15, 0.2) is 17.3 Å². The van der Waals surface area contributed by atoms with Crippen LogP contribution in [0.1, 0.15) is 47.6 Å². The van der Waals surface area contributed by atoms with E-state index in [0.29, 0.717) is 33.9 Å². The smallest absolute Gasteiger partial charge is 0.255 e. The lowest BCUT2D eigenvalue weighted by molar-refractivity contribution is -0.121. The normalized spacial score (nSPS) is 18.5. The topological polar surface area (TPSA) is 144 Å². The first-order chi connectivity index (χ1) is 24.3. The van der Waals surface area contributed by atoms with Gasteiger partial charge in [0.1, 0.15) is 11.3 Å². The number of ether oxygens (including phenoxy) is 1. The van der Waals surface area contributed by atoms with E-state index in [0.717, 1.165) is 69.8 Å². The summed E-state index contributed by atoms with van der Waals surface area (Å²) in [5.41, 5.74) is 11.4. The van der Waals surface area contributed by atoms with Crippen molar-refractivity contribution < 1.29 is 14.3 Å². The number of piperazine rings is 1. The van der Waals surface area contributed by atoms with Crippen molar-refractivity contribution >= 4 is 40.2 Å². The molecule has 0 bridgehead atoms. The summed E-state index contributed by atoms with van der Waals surface area (Å²) in [5.74, 6) is 1.11. The first kappa shape index (κ1) is 33.2. The third-order valence-electron chi connectivity index (χ3n) is 9.84. The summed E-state index contributed by atoms with van der Waals surface area (Å²) in [6.07, 6.45) is 4.84. The Bertz CT molecular complexity index is 1980. The average Bonchev–Trinajstić information content (AvgIpc) is 3.58. The highest BCUT2D eigenvalue weighted by atomic mass is 16.5. The fourth-order valence-electron chi connectivity index (χ4n) is 6.86. The van der Waals surface area contributed by atoms with Crippen molar-refractivity contribution in [2.75, 3.05) is 56.7 Å². The van der Waals surface area contributed by atoms with Gasteiger partial charge in [0.05, 0.1) is 13.4 Å². The fraction of sp³-hybridized carbons (Fsp3) is 0.342. The van der Waals surface area contributed by atoms with Gasteiger partial charge in [-0.3, -0.25) is 14.5 Å². The molecule has 50 heavy (non-hydrogen) atoms. The number of rotatable bonds is 9. The molecule has 7 rings (SSSR count). The Hall–Kier alpha value is -5.33. The van der Waals surface area contributed by atoms with Crippen molar-refractivity contribution in [3.63, 3.8) is 0 Å². The van der Waals surface area contributed by atoms with Crippen LogP contribution in [0.2, 0.25) is 0 Å². The van der Waals surface area contributed by atoms with Crippen LogP contribution in [0.4, 0.5) is 17.2 Å². The number of nitrogens with zero attached hydrogens (tertiary/aromatic N) is 6. The molecule has 5 aromatic rings. The number of carbonyl (C=O) groups excluding carboxylic acids is 2. The summed E-state index contributed by atoms with van der Waals surface area (Å²) in [4.78, 5) is 45.1. The lowest BCUT2D eigenvalue weighted by atomic mass is 9.85. The molecule has 4 N–H and O–H groups in total. The number of methoxy groups -OCH3 is 1. The van der Waals surface area contributed by atoms with Crippen molar-refractivity contribution in [3.8, 4) is 17.1 Å². The predicted octanol–water partition coefficient (Wildman–Crippen LogP) is 5.45. The summed E-state index contributed by atoms with van der Waals surface area (Å²) in [6, 6.07) is 22.8. The SMILES string of the molecule is COc1cccc(NC(=O)[C@H]2CC[C@@H](n3cnc4c(N)nc(-c5cccc(C(=O)Nc6ccc(CN7CCN(C)CC7)cc6)c5)nc43)CC2)c1. The number of amides is 2. The summed E-state index contributed by atoms with van der Waals surface area (Å²) >= 11 is 0. The Morgan fingerprint density at radius 3 is 2.40 bits per heavy atom. The third-order valence-corrected chi connectivity index (χ3v) is 9.84. The van der Waals surface area contributed by atoms with E-state index in [2.05, 4.69) is 54.1 Å². The molecular weight excluding hydrogens is 630 g/mol. The van der Waals surface area contributed by atoms with Crippen molar-refractivity contribution in [1.29, 1.82) is 0 Å². The van der Waals surface area contributed by atoms with E-state index in [1.807, 2.05) is 48.5 Å². The molecule has 1 aliphatic carbocycles. The van der Waals surface area contributed by atoms with Crippen molar-refractivity contribution in [2.45, 2.75) is 38.3 Å². The lowest BCUT2D eigenvalue weighted by Crippen LogP contribution is -2.43. The van der Waals surface area contributed by atoms with Crippen LogP contribution in [0.25, 0.3) is 22.6 Å². The van der Waals surface area contributed by atoms with E-state index in [-0.39, 0.29) is 29.6 Å². The van der Waals surface area contributed by atoms with Crippen LogP contribution < -0.4 is 21.1 Å². The molecule has 2 aliphatic rings. The average molecular weight is 674 g/mol. The van der Waals surface area contributed by atoms with Gasteiger partial charge in [-0.2, -0.15) is 0 Å². The zero-order chi connectivity index (χ0) is 34.6. The Labute approximate surface area is 291 Å². The number of nitrogens with one attached hydrogen (secondary N) is 2. The molecule has 3 heterocycles. The second-order valence-corrected chi connectivity index (χ2v) is 13.3.